The average Bonchev–Trinajstić information content (AvgIpc) is 2.68. The molecule has 21 heavy (non-hydrogen) atoms. The van der Waals surface area contributed by atoms with Crippen LogP contribution in [0.15, 0.2) is 0 Å². The minimum absolute atomic E-state index is 0.0322. The Morgan fingerprint density at radius 3 is 1.95 bits per heavy atom. The fourth-order valence-corrected chi connectivity index (χ4v) is 3.70. The second kappa shape index (κ2) is 6.28. The van der Waals surface area contributed by atoms with Gasteiger partial charge in [-0.2, -0.15) is 0 Å². The van der Waals surface area contributed by atoms with Crippen molar-refractivity contribution in [2.45, 2.75) is 91.8 Å². The summed E-state index contributed by atoms with van der Waals surface area (Å²) in [4.78, 5) is 12.4. The second-order valence-electron chi connectivity index (χ2n) is 7.70. The first-order valence-electron chi connectivity index (χ1n) is 8.56. The molecule has 1 spiro atoms. The largest absolute Gasteiger partial charge is 0.459 e. The number of carbonyl (C=O) groups excluding carboxylic acids is 1. The lowest BCUT2D eigenvalue weighted by Gasteiger charge is -2.40. The molecule has 2 atom stereocenters. The summed E-state index contributed by atoms with van der Waals surface area (Å²) in [6.45, 7) is 14.4. The van der Waals surface area contributed by atoms with E-state index in [0.29, 0.717) is 11.8 Å². The summed E-state index contributed by atoms with van der Waals surface area (Å²) in [6, 6.07) is 0. The number of rotatable bonds is 2. The van der Waals surface area contributed by atoms with Crippen LogP contribution >= 0.6 is 0 Å². The van der Waals surface area contributed by atoms with Gasteiger partial charge in [-0.25, -0.2) is 0 Å². The van der Waals surface area contributed by atoms with Crippen LogP contribution in [0.2, 0.25) is 0 Å². The van der Waals surface area contributed by atoms with Crippen LogP contribution in [0.5, 0.6) is 0 Å². The molecule has 2 rings (SSSR count). The third-order valence-corrected chi connectivity index (χ3v) is 5.71. The highest BCUT2D eigenvalue weighted by molar-refractivity contribution is 5.79. The quantitative estimate of drug-likeness (QED) is 0.772. The van der Waals surface area contributed by atoms with Crippen molar-refractivity contribution in [3.63, 3.8) is 0 Å². The van der Waals surface area contributed by atoms with E-state index < -0.39 is 5.60 Å². The van der Waals surface area contributed by atoms with E-state index in [4.69, 9.17) is 4.74 Å². The average molecular weight is 298 g/mol. The van der Waals surface area contributed by atoms with Crippen LogP contribution in [0, 0.1) is 17.3 Å². The topological polar surface area (TPSA) is 46.5 Å². The van der Waals surface area contributed by atoms with Crippen molar-refractivity contribution in [1.29, 1.82) is 0 Å². The van der Waals surface area contributed by atoms with Crippen molar-refractivity contribution < 1.29 is 14.6 Å². The zero-order valence-corrected chi connectivity index (χ0v) is 15.0. The molecule has 0 aromatic carbocycles. The van der Waals surface area contributed by atoms with Gasteiger partial charge < -0.3 is 9.84 Å². The smallest absolute Gasteiger partial charge is 0.312 e. The molecule has 1 saturated heterocycles. The summed E-state index contributed by atoms with van der Waals surface area (Å²) < 4.78 is 5.82. The molecule has 2 aliphatic rings. The fourth-order valence-electron chi connectivity index (χ4n) is 3.70. The van der Waals surface area contributed by atoms with Crippen molar-refractivity contribution in [3.8, 4) is 0 Å². The van der Waals surface area contributed by atoms with Gasteiger partial charge in [-0.1, -0.05) is 34.6 Å². The molecule has 0 bridgehead atoms. The molecule has 0 radical (unpaired) electrons. The molecule has 0 aromatic rings. The van der Waals surface area contributed by atoms with Gasteiger partial charge in [0, 0.05) is 6.42 Å². The Bertz CT molecular complexity index is 363. The molecular weight excluding hydrogens is 264 g/mol. The molecule has 1 aliphatic heterocycles. The molecule has 3 nitrogen and oxygen atoms in total. The van der Waals surface area contributed by atoms with Gasteiger partial charge in [-0.15, -0.1) is 0 Å². The maximum atomic E-state index is 12.4. The summed E-state index contributed by atoms with van der Waals surface area (Å²) in [5.74, 6) is 0.761. The lowest BCUT2D eigenvalue weighted by atomic mass is 9.65. The van der Waals surface area contributed by atoms with Gasteiger partial charge in [0.2, 0.25) is 0 Å². The van der Waals surface area contributed by atoms with Crippen molar-refractivity contribution >= 4 is 5.97 Å². The van der Waals surface area contributed by atoms with Gasteiger partial charge in [0.05, 0.1) is 11.0 Å². The van der Waals surface area contributed by atoms with E-state index in [1.807, 2.05) is 20.8 Å². The second-order valence-corrected chi connectivity index (χ2v) is 7.70. The summed E-state index contributed by atoms with van der Waals surface area (Å²) >= 11 is 0. The van der Waals surface area contributed by atoms with E-state index in [9.17, 15) is 9.90 Å². The molecule has 3 heteroatoms. The number of esters is 1. The monoisotopic (exact) mass is 298 g/mol. The molecule has 2 fully saturated rings. The molecule has 1 saturated carbocycles. The van der Waals surface area contributed by atoms with Crippen LogP contribution in [-0.2, 0) is 9.53 Å². The Morgan fingerprint density at radius 1 is 1.05 bits per heavy atom. The molecule has 1 aliphatic carbocycles. The van der Waals surface area contributed by atoms with Gasteiger partial charge >= 0.3 is 5.97 Å². The third kappa shape index (κ3) is 3.61. The maximum Gasteiger partial charge on any atom is 0.312 e. The lowest BCUT2D eigenvalue weighted by molar-refractivity contribution is -0.160. The van der Waals surface area contributed by atoms with Crippen molar-refractivity contribution in [3.05, 3.63) is 0 Å². The fraction of sp³-hybridized carbons (Fsp3) is 0.944. The van der Waals surface area contributed by atoms with Crippen molar-refractivity contribution in [2.24, 2.45) is 17.3 Å². The highest BCUT2D eigenvalue weighted by atomic mass is 16.6. The SMILES string of the molecule is CC.CC(C)C(C)C1(C)CC2(CCC(C)(O)CC2)OC1=O. The summed E-state index contributed by atoms with van der Waals surface area (Å²) in [7, 11) is 0. The maximum absolute atomic E-state index is 12.4. The minimum Gasteiger partial charge on any atom is -0.459 e. The number of aliphatic hydroxyl groups is 1. The summed E-state index contributed by atoms with van der Waals surface area (Å²) in [5.41, 5.74) is -1.26. The van der Waals surface area contributed by atoms with E-state index >= 15 is 0 Å². The first kappa shape index (κ1) is 18.5. The zero-order valence-electron chi connectivity index (χ0n) is 15.0. The van der Waals surface area contributed by atoms with Crippen LogP contribution in [0.4, 0.5) is 0 Å². The van der Waals surface area contributed by atoms with E-state index in [1.54, 1.807) is 0 Å². The predicted octanol–water partition coefficient (Wildman–Crippen LogP) is 4.32. The Morgan fingerprint density at radius 2 is 1.52 bits per heavy atom. The molecule has 0 aromatic heterocycles. The number of carbonyl (C=O) groups is 1. The molecule has 1 N–H and O–H groups in total. The van der Waals surface area contributed by atoms with Crippen molar-refractivity contribution in [2.75, 3.05) is 0 Å². The number of ether oxygens (including phenoxy) is 1. The van der Waals surface area contributed by atoms with Crippen molar-refractivity contribution in [1.82, 2.24) is 0 Å². The summed E-state index contributed by atoms with van der Waals surface area (Å²) in [6.07, 6.45) is 3.87. The van der Waals surface area contributed by atoms with Crippen LogP contribution in [-0.4, -0.2) is 22.3 Å². The molecule has 0 amide bonds. The zero-order chi connectivity index (χ0) is 16.5. The first-order chi connectivity index (χ1) is 9.60. The van der Waals surface area contributed by atoms with Gasteiger partial charge in [0.25, 0.3) is 0 Å². The Hall–Kier alpha value is -0.570. The lowest BCUT2D eigenvalue weighted by Crippen LogP contribution is -2.41. The predicted molar refractivity (Wildman–Crippen MR) is 86.0 cm³/mol. The van der Waals surface area contributed by atoms with E-state index in [-0.39, 0.29) is 17.0 Å². The Labute approximate surface area is 130 Å². The van der Waals surface area contributed by atoms with Crippen LogP contribution in [0.25, 0.3) is 0 Å². The molecule has 2 unspecified atom stereocenters. The van der Waals surface area contributed by atoms with Crippen LogP contribution < -0.4 is 0 Å². The first-order valence-corrected chi connectivity index (χ1v) is 8.56. The van der Waals surface area contributed by atoms with Gasteiger partial charge in [0.15, 0.2) is 0 Å². The van der Waals surface area contributed by atoms with E-state index in [0.717, 1.165) is 32.1 Å². The molecular formula is C18H34O3. The van der Waals surface area contributed by atoms with Gasteiger partial charge in [-0.3, -0.25) is 4.79 Å². The summed E-state index contributed by atoms with van der Waals surface area (Å²) in [5, 5.41) is 10.1. The van der Waals surface area contributed by atoms with Crippen LogP contribution in [0.1, 0.15) is 80.6 Å². The highest BCUT2D eigenvalue weighted by Crippen LogP contribution is 2.53. The molecule has 124 valence electrons. The normalized spacial score (nSPS) is 40.7. The number of hydrogen-bond acceptors (Lipinski definition) is 3. The van der Waals surface area contributed by atoms with Crippen LogP contribution in [0.3, 0.4) is 0 Å². The minimum atomic E-state index is -0.583. The number of hydrogen-bond donors (Lipinski definition) is 1. The van der Waals surface area contributed by atoms with E-state index in [1.165, 1.54) is 0 Å². The van der Waals surface area contributed by atoms with E-state index in [2.05, 4.69) is 27.7 Å². The Balaban J connectivity index is 0.00000106. The molecule has 1 heterocycles. The van der Waals surface area contributed by atoms with Gasteiger partial charge in [0.1, 0.15) is 5.60 Å². The highest BCUT2D eigenvalue weighted by Gasteiger charge is 2.58. The standard InChI is InChI=1S/C16H28O3.C2H6/c1-11(2)12(3)15(5)10-16(19-13(15)17)8-6-14(4,18)7-9-16;1-2/h11-12,18H,6-10H2,1-5H3;1-2H3. The van der Waals surface area contributed by atoms with Gasteiger partial charge in [-0.05, 0) is 51.4 Å². The third-order valence-electron chi connectivity index (χ3n) is 5.71. The Kier molecular flexibility index (Phi) is 5.52.